The summed E-state index contributed by atoms with van der Waals surface area (Å²) in [7, 11) is -3.56. The van der Waals surface area contributed by atoms with Crippen LogP contribution in [0.1, 0.15) is 24.8 Å². The first kappa shape index (κ1) is 21.3. The van der Waals surface area contributed by atoms with Gasteiger partial charge in [0.25, 0.3) is 5.91 Å². The van der Waals surface area contributed by atoms with Crippen LogP contribution in [0.5, 0.6) is 0 Å². The number of halogens is 1. The van der Waals surface area contributed by atoms with Crippen molar-refractivity contribution in [1.82, 2.24) is 4.31 Å². The van der Waals surface area contributed by atoms with Crippen LogP contribution >= 0.6 is 11.6 Å². The Morgan fingerprint density at radius 1 is 1.14 bits per heavy atom. The minimum absolute atomic E-state index is 0.166. The van der Waals surface area contributed by atoms with E-state index >= 15 is 0 Å². The van der Waals surface area contributed by atoms with E-state index in [0.717, 1.165) is 24.8 Å². The third-order valence-electron chi connectivity index (χ3n) is 4.41. The standard InChI is InChI=1S/C20H22ClN3O4S/c21-17-9-7-16(8-10-17)14-22-28-15-20(25)23-18-5-4-6-19(13-18)29(26,27)24-11-2-1-3-12-24/h4-10,13-14H,1-3,11-12,15H2,(H,23,25)/b22-14+. The Balaban J connectivity index is 1.55. The second kappa shape index (κ2) is 9.87. The van der Waals surface area contributed by atoms with E-state index in [0.29, 0.717) is 23.8 Å². The van der Waals surface area contributed by atoms with E-state index < -0.39 is 15.9 Å². The van der Waals surface area contributed by atoms with Crippen LogP contribution in [0.4, 0.5) is 5.69 Å². The van der Waals surface area contributed by atoms with Crippen LogP contribution in [-0.4, -0.2) is 44.5 Å². The largest absolute Gasteiger partial charge is 0.386 e. The van der Waals surface area contributed by atoms with Crippen molar-refractivity contribution in [2.75, 3.05) is 25.0 Å². The molecule has 2 aromatic carbocycles. The molecule has 7 nitrogen and oxygen atoms in total. The lowest BCUT2D eigenvalue weighted by molar-refractivity contribution is -0.120. The van der Waals surface area contributed by atoms with Crippen molar-refractivity contribution in [2.45, 2.75) is 24.2 Å². The van der Waals surface area contributed by atoms with Gasteiger partial charge in [-0.15, -0.1) is 0 Å². The molecular formula is C20H22ClN3O4S. The zero-order valence-corrected chi connectivity index (χ0v) is 17.3. The normalized spacial score (nSPS) is 15.3. The van der Waals surface area contributed by atoms with Gasteiger partial charge in [-0.2, -0.15) is 4.31 Å². The van der Waals surface area contributed by atoms with Crippen molar-refractivity contribution in [1.29, 1.82) is 0 Å². The van der Waals surface area contributed by atoms with Gasteiger partial charge in [-0.05, 0) is 48.7 Å². The third-order valence-corrected chi connectivity index (χ3v) is 6.56. The summed E-state index contributed by atoms with van der Waals surface area (Å²) >= 11 is 5.81. The monoisotopic (exact) mass is 435 g/mol. The van der Waals surface area contributed by atoms with E-state index in [1.54, 1.807) is 36.4 Å². The van der Waals surface area contributed by atoms with Gasteiger partial charge in [-0.3, -0.25) is 4.79 Å². The van der Waals surface area contributed by atoms with Crippen molar-refractivity contribution in [2.24, 2.45) is 5.16 Å². The van der Waals surface area contributed by atoms with Crippen LogP contribution in [0, 0.1) is 0 Å². The average Bonchev–Trinajstić information content (AvgIpc) is 2.73. The quantitative estimate of drug-likeness (QED) is 0.532. The first-order valence-electron chi connectivity index (χ1n) is 9.26. The number of carbonyl (C=O) groups excluding carboxylic acids is 1. The minimum Gasteiger partial charge on any atom is -0.386 e. The lowest BCUT2D eigenvalue weighted by atomic mass is 10.2. The molecule has 154 valence electrons. The number of piperidine rings is 1. The summed E-state index contributed by atoms with van der Waals surface area (Å²) < 4.78 is 27.0. The Labute approximate surface area is 175 Å². The number of nitrogens with zero attached hydrogens (tertiary/aromatic N) is 2. The highest BCUT2D eigenvalue weighted by Gasteiger charge is 2.26. The fourth-order valence-corrected chi connectivity index (χ4v) is 4.62. The van der Waals surface area contributed by atoms with Crippen LogP contribution in [0.2, 0.25) is 5.02 Å². The molecule has 1 aliphatic heterocycles. The topological polar surface area (TPSA) is 88.1 Å². The third kappa shape index (κ3) is 6.03. The van der Waals surface area contributed by atoms with Crippen LogP contribution in [0.25, 0.3) is 0 Å². The molecule has 1 heterocycles. The second-order valence-corrected chi connectivity index (χ2v) is 8.97. The predicted octanol–water partition coefficient (Wildman–Crippen LogP) is 3.50. The first-order valence-corrected chi connectivity index (χ1v) is 11.1. The molecule has 0 bridgehead atoms. The summed E-state index contributed by atoms with van der Waals surface area (Å²) in [4.78, 5) is 17.2. The number of carbonyl (C=O) groups is 1. The number of hydrogen-bond donors (Lipinski definition) is 1. The summed E-state index contributed by atoms with van der Waals surface area (Å²) in [5.41, 5.74) is 1.17. The first-order chi connectivity index (χ1) is 13.9. The van der Waals surface area contributed by atoms with Crippen molar-refractivity contribution < 1.29 is 18.0 Å². The Bertz CT molecular complexity index is 971. The molecule has 0 unspecified atom stereocenters. The Hall–Kier alpha value is -2.42. The second-order valence-electron chi connectivity index (χ2n) is 6.60. The summed E-state index contributed by atoms with van der Waals surface area (Å²) in [6.07, 6.45) is 4.24. The number of benzene rings is 2. The lowest BCUT2D eigenvalue weighted by Gasteiger charge is -2.26. The van der Waals surface area contributed by atoms with Gasteiger partial charge < -0.3 is 10.2 Å². The molecule has 0 aliphatic carbocycles. The van der Waals surface area contributed by atoms with Gasteiger partial charge in [-0.25, -0.2) is 8.42 Å². The van der Waals surface area contributed by atoms with Crippen LogP contribution in [-0.2, 0) is 19.7 Å². The molecular weight excluding hydrogens is 414 g/mol. The summed E-state index contributed by atoms with van der Waals surface area (Å²) in [5.74, 6) is -0.439. The van der Waals surface area contributed by atoms with E-state index in [9.17, 15) is 13.2 Å². The molecule has 2 aromatic rings. The molecule has 1 N–H and O–H groups in total. The Morgan fingerprint density at radius 2 is 1.86 bits per heavy atom. The molecule has 1 aliphatic rings. The number of nitrogens with one attached hydrogen (secondary N) is 1. The van der Waals surface area contributed by atoms with E-state index in [-0.39, 0.29) is 11.5 Å². The smallest absolute Gasteiger partial charge is 0.265 e. The van der Waals surface area contributed by atoms with Crippen molar-refractivity contribution in [3.63, 3.8) is 0 Å². The van der Waals surface area contributed by atoms with Gasteiger partial charge >= 0.3 is 0 Å². The zero-order chi connectivity index (χ0) is 20.7. The Kier molecular flexibility index (Phi) is 7.24. The lowest BCUT2D eigenvalue weighted by Crippen LogP contribution is -2.35. The Morgan fingerprint density at radius 3 is 2.59 bits per heavy atom. The molecule has 0 atom stereocenters. The number of rotatable bonds is 7. The predicted molar refractivity (Wildman–Crippen MR) is 113 cm³/mol. The minimum atomic E-state index is -3.56. The number of anilines is 1. The molecule has 0 aromatic heterocycles. The molecule has 3 rings (SSSR count). The molecule has 1 saturated heterocycles. The highest BCUT2D eigenvalue weighted by atomic mass is 35.5. The van der Waals surface area contributed by atoms with E-state index in [4.69, 9.17) is 16.4 Å². The SMILES string of the molecule is O=C(CO/N=C/c1ccc(Cl)cc1)Nc1cccc(S(=O)(=O)N2CCCCC2)c1. The fraction of sp³-hybridized carbons (Fsp3) is 0.300. The van der Waals surface area contributed by atoms with Crippen LogP contribution in [0.15, 0.2) is 58.6 Å². The molecule has 0 radical (unpaired) electrons. The van der Waals surface area contributed by atoms with Gasteiger partial charge in [-0.1, -0.05) is 41.4 Å². The van der Waals surface area contributed by atoms with Gasteiger partial charge in [0, 0.05) is 23.8 Å². The van der Waals surface area contributed by atoms with Crippen molar-refractivity contribution in [3.8, 4) is 0 Å². The molecule has 1 fully saturated rings. The maximum absolute atomic E-state index is 12.8. The molecule has 0 spiro atoms. The molecule has 29 heavy (non-hydrogen) atoms. The van der Waals surface area contributed by atoms with Gasteiger partial charge in [0.15, 0.2) is 6.61 Å². The number of amides is 1. The van der Waals surface area contributed by atoms with Crippen LogP contribution < -0.4 is 5.32 Å². The van der Waals surface area contributed by atoms with Crippen LogP contribution in [0.3, 0.4) is 0 Å². The molecule has 0 saturated carbocycles. The number of oxime groups is 1. The number of hydrogen-bond acceptors (Lipinski definition) is 5. The van der Waals surface area contributed by atoms with Gasteiger partial charge in [0.2, 0.25) is 10.0 Å². The van der Waals surface area contributed by atoms with Gasteiger partial charge in [0.1, 0.15) is 0 Å². The maximum Gasteiger partial charge on any atom is 0.265 e. The summed E-state index contributed by atoms with van der Waals surface area (Å²) in [6, 6.07) is 13.2. The summed E-state index contributed by atoms with van der Waals surface area (Å²) in [6.45, 7) is 0.754. The highest BCUT2D eigenvalue weighted by Crippen LogP contribution is 2.22. The summed E-state index contributed by atoms with van der Waals surface area (Å²) in [5, 5.41) is 6.98. The van der Waals surface area contributed by atoms with Crippen molar-refractivity contribution in [3.05, 3.63) is 59.1 Å². The molecule has 9 heteroatoms. The fourth-order valence-electron chi connectivity index (χ4n) is 2.93. The van der Waals surface area contributed by atoms with Gasteiger partial charge in [0.05, 0.1) is 11.1 Å². The zero-order valence-electron chi connectivity index (χ0n) is 15.8. The maximum atomic E-state index is 12.8. The molecule has 1 amide bonds. The highest BCUT2D eigenvalue weighted by molar-refractivity contribution is 7.89. The van der Waals surface area contributed by atoms with E-state index in [2.05, 4.69) is 10.5 Å². The van der Waals surface area contributed by atoms with E-state index in [1.807, 2.05) is 0 Å². The average molecular weight is 436 g/mol. The van der Waals surface area contributed by atoms with E-state index in [1.165, 1.54) is 22.7 Å². The van der Waals surface area contributed by atoms with Crippen molar-refractivity contribution >= 4 is 39.4 Å². The number of sulfonamides is 1.